The van der Waals surface area contributed by atoms with E-state index in [0.29, 0.717) is 12.6 Å². The number of nitrogens with one attached hydrogen (secondary N) is 2. The van der Waals surface area contributed by atoms with Crippen molar-refractivity contribution in [2.75, 3.05) is 13.1 Å². The predicted octanol–water partition coefficient (Wildman–Crippen LogP) is 2.60. The Hall–Kier alpha value is -2.34. The van der Waals surface area contributed by atoms with Crippen LogP contribution in [0.2, 0.25) is 0 Å². The molecule has 2 N–H and O–H groups in total. The fourth-order valence-electron chi connectivity index (χ4n) is 4.21. The van der Waals surface area contributed by atoms with E-state index >= 15 is 0 Å². The van der Waals surface area contributed by atoms with Gasteiger partial charge in [0.2, 0.25) is 5.91 Å². The quantitative estimate of drug-likeness (QED) is 0.822. The maximum absolute atomic E-state index is 13.2. The van der Waals surface area contributed by atoms with Crippen molar-refractivity contribution in [3.8, 4) is 5.75 Å². The number of ether oxygens (including phenoxy) is 1. The Bertz CT molecular complexity index is 747. The second-order valence-corrected chi connectivity index (χ2v) is 7.55. The van der Waals surface area contributed by atoms with Gasteiger partial charge in [-0.3, -0.25) is 9.48 Å². The molecule has 27 heavy (non-hydrogen) atoms. The van der Waals surface area contributed by atoms with Gasteiger partial charge in [0.25, 0.3) is 0 Å². The summed E-state index contributed by atoms with van der Waals surface area (Å²) < 4.78 is 8.03. The molecule has 0 atom stereocenters. The zero-order valence-electron chi connectivity index (χ0n) is 15.7. The van der Waals surface area contributed by atoms with Crippen molar-refractivity contribution in [2.45, 2.75) is 56.7 Å². The van der Waals surface area contributed by atoms with Crippen molar-refractivity contribution in [3.63, 3.8) is 0 Å². The van der Waals surface area contributed by atoms with Crippen molar-refractivity contribution >= 4 is 5.91 Å². The molecule has 1 saturated carbocycles. The monoisotopic (exact) mass is 368 g/mol. The first-order chi connectivity index (χ1) is 13.3. The van der Waals surface area contributed by atoms with Crippen molar-refractivity contribution in [3.05, 3.63) is 48.3 Å². The molecular weight excluding hydrogens is 340 g/mol. The first kappa shape index (κ1) is 18.0. The number of carbonyl (C=O) groups is 1. The van der Waals surface area contributed by atoms with Crippen LogP contribution in [-0.2, 0) is 16.9 Å². The average Bonchev–Trinajstić information content (AvgIpc) is 3.42. The van der Waals surface area contributed by atoms with Crippen LogP contribution in [-0.4, -0.2) is 34.9 Å². The summed E-state index contributed by atoms with van der Waals surface area (Å²) in [6, 6.07) is 9.91. The Morgan fingerprint density at radius 1 is 1.22 bits per heavy atom. The van der Waals surface area contributed by atoms with Crippen LogP contribution in [0.25, 0.3) is 0 Å². The minimum atomic E-state index is -0.615. The molecule has 1 aliphatic heterocycles. The van der Waals surface area contributed by atoms with Crippen molar-refractivity contribution in [1.29, 1.82) is 0 Å². The van der Waals surface area contributed by atoms with Gasteiger partial charge in [0, 0.05) is 24.5 Å². The van der Waals surface area contributed by atoms with Crippen LogP contribution in [0.5, 0.6) is 5.75 Å². The standard InChI is InChI=1S/C21H28N4O2/c26-20(21(10-13-22-14-11-21)25-15-5-12-24-25)23-16-17-6-1-4-9-19(17)27-18-7-2-3-8-18/h1,4-6,9,12,15,18,22H,2-3,7-8,10-11,13-14,16H2,(H,23,26). The molecule has 1 aromatic heterocycles. The van der Waals surface area contributed by atoms with Gasteiger partial charge in [-0.25, -0.2) is 0 Å². The molecule has 2 heterocycles. The van der Waals surface area contributed by atoms with E-state index in [2.05, 4.69) is 15.7 Å². The van der Waals surface area contributed by atoms with Crippen LogP contribution in [0, 0.1) is 0 Å². The second-order valence-electron chi connectivity index (χ2n) is 7.55. The van der Waals surface area contributed by atoms with Crippen LogP contribution in [0.1, 0.15) is 44.1 Å². The third kappa shape index (κ3) is 3.86. The molecule has 0 spiro atoms. The lowest BCUT2D eigenvalue weighted by Gasteiger charge is -2.36. The van der Waals surface area contributed by atoms with Gasteiger partial charge in [0.1, 0.15) is 11.3 Å². The Morgan fingerprint density at radius 3 is 2.74 bits per heavy atom. The van der Waals surface area contributed by atoms with E-state index in [4.69, 9.17) is 4.74 Å². The largest absolute Gasteiger partial charge is 0.490 e. The Kier molecular flexibility index (Phi) is 5.43. The van der Waals surface area contributed by atoms with Crippen LogP contribution < -0.4 is 15.4 Å². The Labute approximate surface area is 160 Å². The maximum Gasteiger partial charge on any atom is 0.248 e. The summed E-state index contributed by atoms with van der Waals surface area (Å²) in [6.07, 6.45) is 10.1. The lowest BCUT2D eigenvalue weighted by Crippen LogP contribution is -2.54. The number of para-hydroxylation sites is 1. The van der Waals surface area contributed by atoms with Gasteiger partial charge in [-0.05, 0) is 63.7 Å². The summed E-state index contributed by atoms with van der Waals surface area (Å²) >= 11 is 0. The van der Waals surface area contributed by atoms with Gasteiger partial charge >= 0.3 is 0 Å². The van der Waals surface area contributed by atoms with Crippen LogP contribution >= 0.6 is 0 Å². The van der Waals surface area contributed by atoms with Gasteiger partial charge in [-0.1, -0.05) is 18.2 Å². The first-order valence-corrected chi connectivity index (χ1v) is 10.0. The summed E-state index contributed by atoms with van der Waals surface area (Å²) in [7, 11) is 0. The van der Waals surface area contributed by atoms with E-state index in [1.807, 2.05) is 41.2 Å². The molecule has 1 aliphatic carbocycles. The predicted molar refractivity (Wildman–Crippen MR) is 103 cm³/mol. The van der Waals surface area contributed by atoms with E-state index in [1.54, 1.807) is 6.20 Å². The van der Waals surface area contributed by atoms with E-state index in [9.17, 15) is 4.79 Å². The molecule has 2 fully saturated rings. The van der Waals surface area contributed by atoms with Crippen LogP contribution in [0.3, 0.4) is 0 Å². The number of aromatic nitrogens is 2. The number of nitrogens with zero attached hydrogens (tertiary/aromatic N) is 2. The van der Waals surface area contributed by atoms with Gasteiger partial charge in [0.15, 0.2) is 0 Å². The molecule has 1 aromatic carbocycles. The summed E-state index contributed by atoms with van der Waals surface area (Å²) in [5.74, 6) is 0.923. The number of carbonyl (C=O) groups excluding carboxylic acids is 1. The molecule has 0 bridgehead atoms. The average molecular weight is 368 g/mol. The number of benzene rings is 1. The van der Waals surface area contributed by atoms with Crippen LogP contribution in [0.15, 0.2) is 42.7 Å². The highest BCUT2D eigenvalue weighted by molar-refractivity contribution is 5.84. The van der Waals surface area contributed by atoms with Crippen molar-refractivity contribution in [1.82, 2.24) is 20.4 Å². The van der Waals surface area contributed by atoms with Gasteiger partial charge in [0.05, 0.1) is 6.10 Å². The normalized spacial score (nSPS) is 19.7. The Balaban J connectivity index is 1.47. The van der Waals surface area contributed by atoms with Gasteiger partial charge in [-0.15, -0.1) is 0 Å². The molecule has 2 aliphatic rings. The minimum Gasteiger partial charge on any atom is -0.490 e. The van der Waals surface area contributed by atoms with E-state index in [-0.39, 0.29) is 5.91 Å². The fraction of sp³-hybridized carbons (Fsp3) is 0.524. The third-order valence-electron chi connectivity index (χ3n) is 5.80. The van der Waals surface area contributed by atoms with Crippen LogP contribution in [0.4, 0.5) is 0 Å². The fourth-order valence-corrected chi connectivity index (χ4v) is 4.21. The topological polar surface area (TPSA) is 68.2 Å². The smallest absolute Gasteiger partial charge is 0.248 e. The van der Waals surface area contributed by atoms with E-state index in [1.165, 1.54) is 12.8 Å². The van der Waals surface area contributed by atoms with Crippen molar-refractivity contribution in [2.24, 2.45) is 0 Å². The molecular formula is C21H28N4O2. The van der Waals surface area contributed by atoms with E-state index < -0.39 is 5.54 Å². The highest BCUT2D eigenvalue weighted by Crippen LogP contribution is 2.29. The first-order valence-electron chi connectivity index (χ1n) is 10.0. The number of hydrogen-bond acceptors (Lipinski definition) is 4. The number of amides is 1. The number of piperidine rings is 1. The molecule has 4 rings (SSSR count). The summed E-state index contributed by atoms with van der Waals surface area (Å²) in [4.78, 5) is 13.2. The zero-order valence-corrected chi connectivity index (χ0v) is 15.7. The van der Waals surface area contributed by atoms with Crippen molar-refractivity contribution < 1.29 is 9.53 Å². The third-order valence-corrected chi connectivity index (χ3v) is 5.80. The molecule has 1 amide bonds. The Morgan fingerprint density at radius 2 is 2.00 bits per heavy atom. The minimum absolute atomic E-state index is 0.0309. The summed E-state index contributed by atoms with van der Waals surface area (Å²) in [6.45, 7) is 2.10. The molecule has 144 valence electrons. The number of hydrogen-bond donors (Lipinski definition) is 2. The summed E-state index contributed by atoms with van der Waals surface area (Å²) in [5, 5.41) is 10.9. The number of rotatable bonds is 6. The van der Waals surface area contributed by atoms with E-state index in [0.717, 1.165) is 50.1 Å². The van der Waals surface area contributed by atoms with Gasteiger partial charge < -0.3 is 15.4 Å². The molecule has 6 heteroatoms. The SMILES string of the molecule is O=C(NCc1ccccc1OC1CCCC1)C1(n2cccn2)CCNCC1. The zero-order chi connectivity index (χ0) is 18.5. The molecule has 0 radical (unpaired) electrons. The maximum atomic E-state index is 13.2. The summed E-state index contributed by atoms with van der Waals surface area (Å²) in [5.41, 5.74) is 0.415. The second kappa shape index (κ2) is 8.13. The molecule has 1 saturated heterocycles. The molecule has 6 nitrogen and oxygen atoms in total. The lowest BCUT2D eigenvalue weighted by molar-refractivity contribution is -0.132. The molecule has 0 unspecified atom stereocenters. The van der Waals surface area contributed by atoms with Gasteiger partial charge in [-0.2, -0.15) is 5.10 Å². The highest BCUT2D eigenvalue weighted by Gasteiger charge is 2.41. The molecule has 2 aromatic rings. The lowest BCUT2D eigenvalue weighted by atomic mass is 9.87. The highest BCUT2D eigenvalue weighted by atomic mass is 16.5.